The molecule has 0 spiro atoms. The number of rotatable bonds is 8. The first-order valence-electron chi connectivity index (χ1n) is 17.2. The van der Waals surface area contributed by atoms with Crippen LogP contribution in [0.2, 0.25) is 0 Å². The van der Waals surface area contributed by atoms with Crippen LogP contribution in [0.15, 0.2) is 30.5 Å². The number of amides is 3. The van der Waals surface area contributed by atoms with Crippen LogP contribution in [0.3, 0.4) is 0 Å². The molecule has 9 heteroatoms. The molecule has 2 aliphatic heterocycles. The molecule has 9 nitrogen and oxygen atoms in total. The first-order chi connectivity index (χ1) is 21.3. The molecule has 6 fully saturated rings. The number of carbonyl (C=O) groups excluding carboxylic acids is 2. The zero-order valence-corrected chi connectivity index (χ0v) is 26.2. The number of likely N-dealkylation sites (tertiary alicyclic amines) is 2. The van der Waals surface area contributed by atoms with Gasteiger partial charge in [0.15, 0.2) is 0 Å². The molecule has 2 saturated heterocycles. The van der Waals surface area contributed by atoms with Crippen LogP contribution >= 0.6 is 0 Å². The highest BCUT2D eigenvalue weighted by molar-refractivity contribution is 5.85. The molecule has 2 unspecified atom stereocenters. The van der Waals surface area contributed by atoms with E-state index in [1.165, 1.54) is 24.2 Å². The lowest BCUT2D eigenvalue weighted by atomic mass is 9.49. The van der Waals surface area contributed by atoms with Gasteiger partial charge in [-0.2, -0.15) is 0 Å². The van der Waals surface area contributed by atoms with Crippen LogP contribution in [0.1, 0.15) is 71.1 Å². The molecule has 3 N–H and O–H groups in total. The molecule has 2 aromatic rings. The van der Waals surface area contributed by atoms with Gasteiger partial charge in [-0.05, 0) is 119 Å². The Morgan fingerprint density at radius 1 is 0.932 bits per heavy atom. The average Bonchev–Trinajstić information content (AvgIpc) is 3.51. The molecule has 2 atom stereocenters. The summed E-state index contributed by atoms with van der Waals surface area (Å²) in [6, 6.07) is 7.40. The summed E-state index contributed by atoms with van der Waals surface area (Å²) in [5.74, 6) is 4.69. The molecule has 8 rings (SSSR count). The molecule has 3 heterocycles. The van der Waals surface area contributed by atoms with Gasteiger partial charge in [0.05, 0.1) is 12.0 Å². The van der Waals surface area contributed by atoms with Gasteiger partial charge in [0.1, 0.15) is 24.7 Å². The Labute approximate surface area is 260 Å². The quantitative estimate of drug-likeness (QED) is 0.373. The van der Waals surface area contributed by atoms with E-state index in [-0.39, 0.29) is 24.6 Å². The van der Waals surface area contributed by atoms with Crippen molar-refractivity contribution in [1.82, 2.24) is 19.7 Å². The highest BCUT2D eigenvalue weighted by Crippen LogP contribution is 2.60. The van der Waals surface area contributed by atoms with Gasteiger partial charge in [-0.15, -0.1) is 0 Å². The number of aliphatic hydroxyl groups excluding tert-OH is 2. The Morgan fingerprint density at radius 3 is 2.11 bits per heavy atom. The van der Waals surface area contributed by atoms with E-state index in [4.69, 9.17) is 4.74 Å². The Hall–Kier alpha value is -2.78. The van der Waals surface area contributed by atoms with Crippen molar-refractivity contribution in [3.8, 4) is 5.75 Å². The number of hydrogen-bond donors (Lipinski definition) is 3. The fourth-order valence-corrected chi connectivity index (χ4v) is 10.1. The number of nitrogens with one attached hydrogen (secondary N) is 1. The van der Waals surface area contributed by atoms with Crippen LogP contribution in [0, 0.1) is 35.0 Å². The van der Waals surface area contributed by atoms with Gasteiger partial charge in [0.2, 0.25) is 5.91 Å². The van der Waals surface area contributed by atoms with Crippen LogP contribution in [0.4, 0.5) is 4.79 Å². The van der Waals surface area contributed by atoms with Crippen molar-refractivity contribution < 1.29 is 24.5 Å². The number of piperidine rings is 2. The number of urea groups is 1. The summed E-state index contributed by atoms with van der Waals surface area (Å²) in [5.41, 5.74) is 0.914. The minimum Gasteiger partial charge on any atom is -0.490 e. The smallest absolute Gasteiger partial charge is 0.322 e. The molecule has 6 aliphatic rings. The average molecular weight is 607 g/mol. The first-order valence-corrected chi connectivity index (χ1v) is 17.2. The third-order valence-electron chi connectivity index (χ3n) is 11.9. The number of hydrogen-bond acceptors (Lipinski definition) is 5. The van der Waals surface area contributed by atoms with Crippen molar-refractivity contribution >= 4 is 22.8 Å². The molecule has 240 valence electrons. The number of carbonyl (C=O) groups is 2. The lowest BCUT2D eigenvalue weighted by molar-refractivity contribution is -0.159. The lowest BCUT2D eigenvalue weighted by Crippen LogP contribution is -2.56. The maximum absolute atomic E-state index is 13.8. The van der Waals surface area contributed by atoms with E-state index < -0.39 is 12.3 Å². The van der Waals surface area contributed by atoms with E-state index in [1.54, 1.807) is 6.92 Å². The van der Waals surface area contributed by atoms with Crippen molar-refractivity contribution in [3.63, 3.8) is 0 Å². The number of ether oxygens (including phenoxy) is 1. The fourth-order valence-electron chi connectivity index (χ4n) is 10.1. The zero-order chi connectivity index (χ0) is 30.4. The number of aromatic nitrogens is 1. The van der Waals surface area contributed by atoms with Crippen LogP contribution in [0.5, 0.6) is 5.75 Å². The number of benzene rings is 1. The van der Waals surface area contributed by atoms with Crippen molar-refractivity contribution in [1.29, 1.82) is 0 Å². The molecule has 4 bridgehead atoms. The first kappa shape index (κ1) is 29.9. The Morgan fingerprint density at radius 2 is 1.52 bits per heavy atom. The van der Waals surface area contributed by atoms with Crippen molar-refractivity contribution in [2.24, 2.45) is 35.0 Å². The Kier molecular flexibility index (Phi) is 8.29. The summed E-state index contributed by atoms with van der Waals surface area (Å²) in [4.78, 5) is 35.8. The van der Waals surface area contributed by atoms with E-state index >= 15 is 0 Å². The number of H-pyrrole nitrogens is 1. The molecule has 1 aromatic heterocycles. The van der Waals surface area contributed by atoms with Crippen molar-refractivity contribution in [2.75, 3.05) is 39.3 Å². The third kappa shape index (κ3) is 5.82. The molecular formula is C35H50N4O5. The summed E-state index contributed by atoms with van der Waals surface area (Å²) in [6.07, 6.45) is 11.4. The van der Waals surface area contributed by atoms with Gasteiger partial charge < -0.3 is 29.7 Å². The van der Waals surface area contributed by atoms with Crippen LogP contribution in [-0.4, -0.2) is 93.5 Å². The van der Waals surface area contributed by atoms with Gasteiger partial charge >= 0.3 is 6.03 Å². The van der Waals surface area contributed by atoms with Gasteiger partial charge in [-0.25, -0.2) is 4.79 Å². The predicted molar refractivity (Wildman–Crippen MR) is 168 cm³/mol. The minimum atomic E-state index is -1.01. The molecule has 1 aromatic carbocycles. The standard InChI is InChI=1S/C35H50N4O5/c1-23(40)39(21-29(41)22-44-32-4-2-3-31-30(32)5-10-36-31)34(43)38-13-8-28(9-14-38)27-6-11-37(12-7-27)33(42)35-18-24-15-25(19-35)17-26(16-24)20-35/h2-5,10,23-29,36,40-41H,6-9,11-22H2,1H3. The van der Waals surface area contributed by atoms with Gasteiger partial charge in [0, 0.05) is 43.3 Å². The maximum atomic E-state index is 13.8. The number of aliphatic hydroxyl groups is 2. The fraction of sp³-hybridized carbons (Fsp3) is 0.714. The highest BCUT2D eigenvalue weighted by Gasteiger charge is 2.55. The maximum Gasteiger partial charge on any atom is 0.322 e. The van der Waals surface area contributed by atoms with Gasteiger partial charge in [-0.3, -0.25) is 9.69 Å². The topological polar surface area (TPSA) is 109 Å². The number of fused-ring (bicyclic) bond motifs is 1. The summed E-state index contributed by atoms with van der Waals surface area (Å²) in [6.45, 7) is 4.67. The summed E-state index contributed by atoms with van der Waals surface area (Å²) < 4.78 is 5.88. The van der Waals surface area contributed by atoms with Gasteiger partial charge in [0.25, 0.3) is 0 Å². The predicted octanol–water partition coefficient (Wildman–Crippen LogP) is 4.83. The SMILES string of the molecule is CC(O)N(CC(O)COc1cccc2[nH]ccc12)C(=O)N1CCC(C2CCN(C(=O)C34CC5CC(CC(C5)C3)C4)CC2)CC1. The summed E-state index contributed by atoms with van der Waals surface area (Å²) in [7, 11) is 0. The third-order valence-corrected chi connectivity index (χ3v) is 11.9. The second kappa shape index (κ2) is 12.2. The number of aromatic amines is 1. The molecule has 4 saturated carbocycles. The Balaban J connectivity index is 0.872. The zero-order valence-electron chi connectivity index (χ0n) is 26.2. The monoisotopic (exact) mass is 606 g/mol. The van der Waals surface area contributed by atoms with E-state index in [2.05, 4.69) is 9.88 Å². The van der Waals surface area contributed by atoms with Crippen LogP contribution in [-0.2, 0) is 4.79 Å². The summed E-state index contributed by atoms with van der Waals surface area (Å²) >= 11 is 0. The molecule has 3 amide bonds. The minimum absolute atomic E-state index is 0.00421. The van der Waals surface area contributed by atoms with Crippen LogP contribution in [0.25, 0.3) is 10.9 Å². The number of nitrogens with zero attached hydrogens (tertiary/aromatic N) is 3. The molecule has 44 heavy (non-hydrogen) atoms. The molecule has 4 aliphatic carbocycles. The van der Waals surface area contributed by atoms with E-state index in [0.29, 0.717) is 36.6 Å². The second-order valence-corrected chi connectivity index (χ2v) is 14.9. The van der Waals surface area contributed by atoms with E-state index in [1.807, 2.05) is 35.4 Å². The highest BCUT2D eigenvalue weighted by atomic mass is 16.5. The second-order valence-electron chi connectivity index (χ2n) is 14.9. The largest absolute Gasteiger partial charge is 0.490 e. The van der Waals surface area contributed by atoms with Crippen LogP contribution < -0.4 is 4.74 Å². The van der Waals surface area contributed by atoms with Crippen molar-refractivity contribution in [3.05, 3.63) is 30.5 Å². The normalized spacial score (nSPS) is 30.5. The van der Waals surface area contributed by atoms with E-state index in [0.717, 1.165) is 86.7 Å². The van der Waals surface area contributed by atoms with Crippen molar-refractivity contribution in [2.45, 2.75) is 83.5 Å². The van der Waals surface area contributed by atoms with E-state index in [9.17, 15) is 19.8 Å². The molecular weight excluding hydrogens is 556 g/mol. The Bertz CT molecular complexity index is 1290. The summed E-state index contributed by atoms with van der Waals surface area (Å²) in [5, 5.41) is 22.1. The van der Waals surface area contributed by atoms with Gasteiger partial charge in [-0.1, -0.05) is 6.07 Å². The lowest BCUT2D eigenvalue weighted by Gasteiger charge is -2.57. The molecule has 0 radical (unpaired) electrons.